The van der Waals surface area contributed by atoms with Gasteiger partial charge in [-0.15, -0.1) is 0 Å². The van der Waals surface area contributed by atoms with Crippen LogP contribution in [0.5, 0.6) is 11.5 Å². The average molecular weight is 317 g/mol. The topological polar surface area (TPSA) is 106 Å². The van der Waals surface area contributed by atoms with E-state index in [4.69, 9.17) is 14.7 Å². The fraction of sp³-hybridized carbons (Fsp3) is 0.467. The number of hydrogen-bond acceptors (Lipinski definition) is 6. The highest BCUT2D eigenvalue weighted by Gasteiger charge is 2.54. The van der Waals surface area contributed by atoms with Gasteiger partial charge < -0.3 is 14.4 Å². The van der Waals surface area contributed by atoms with Crippen LogP contribution in [0.25, 0.3) is 0 Å². The van der Waals surface area contributed by atoms with Crippen molar-refractivity contribution in [3.05, 3.63) is 28.3 Å². The van der Waals surface area contributed by atoms with Gasteiger partial charge in [-0.05, 0) is 12.1 Å². The maximum atomic E-state index is 12.5. The summed E-state index contributed by atoms with van der Waals surface area (Å²) in [6, 6.07) is 6.26. The third-order valence-corrected chi connectivity index (χ3v) is 3.90. The lowest BCUT2D eigenvalue weighted by Crippen LogP contribution is -2.34. The SMILES string of the molecule is N#CCCN(C(=O)[C@H]1C[C@H]1[N+](=O)[O-])c1ccc2c(c1)OCCO2. The Kier molecular flexibility index (Phi) is 4.02. The van der Waals surface area contributed by atoms with E-state index >= 15 is 0 Å². The third-order valence-electron chi connectivity index (χ3n) is 3.90. The number of nitro groups is 1. The van der Waals surface area contributed by atoms with Gasteiger partial charge in [0, 0.05) is 29.6 Å². The number of fused-ring (bicyclic) bond motifs is 1. The first-order chi connectivity index (χ1) is 11.1. The molecular weight excluding hydrogens is 302 g/mol. The summed E-state index contributed by atoms with van der Waals surface area (Å²) in [5, 5.41) is 19.6. The molecule has 1 aromatic rings. The first-order valence-electron chi connectivity index (χ1n) is 7.33. The maximum Gasteiger partial charge on any atom is 0.237 e. The van der Waals surface area contributed by atoms with Crippen LogP contribution in [-0.4, -0.2) is 36.6 Å². The predicted octanol–water partition coefficient (Wildman–Crippen LogP) is 1.37. The molecule has 1 heterocycles. The summed E-state index contributed by atoms with van der Waals surface area (Å²) in [4.78, 5) is 24.3. The molecule has 3 rings (SSSR count). The first kappa shape index (κ1) is 15.1. The number of nitrogens with zero attached hydrogens (tertiary/aromatic N) is 3. The van der Waals surface area contributed by atoms with E-state index in [1.807, 2.05) is 6.07 Å². The molecule has 23 heavy (non-hydrogen) atoms. The van der Waals surface area contributed by atoms with Crippen molar-refractivity contribution in [2.45, 2.75) is 18.9 Å². The van der Waals surface area contributed by atoms with E-state index < -0.39 is 16.9 Å². The Labute approximate surface area is 132 Å². The summed E-state index contributed by atoms with van der Waals surface area (Å²) >= 11 is 0. The maximum absolute atomic E-state index is 12.5. The Morgan fingerprint density at radius 1 is 1.39 bits per heavy atom. The number of nitriles is 1. The lowest BCUT2D eigenvalue weighted by Gasteiger charge is -2.24. The van der Waals surface area contributed by atoms with Crippen LogP contribution in [0.15, 0.2) is 18.2 Å². The molecule has 8 heteroatoms. The average Bonchev–Trinajstić information content (AvgIpc) is 3.36. The Morgan fingerprint density at radius 2 is 2.13 bits per heavy atom. The lowest BCUT2D eigenvalue weighted by molar-refractivity contribution is -0.497. The highest BCUT2D eigenvalue weighted by Crippen LogP contribution is 2.38. The van der Waals surface area contributed by atoms with Gasteiger partial charge in [0.1, 0.15) is 19.1 Å². The molecule has 120 valence electrons. The summed E-state index contributed by atoms with van der Waals surface area (Å²) in [5.74, 6) is 0.197. The monoisotopic (exact) mass is 317 g/mol. The van der Waals surface area contributed by atoms with Crippen LogP contribution in [-0.2, 0) is 4.79 Å². The molecule has 2 atom stereocenters. The van der Waals surface area contributed by atoms with Crippen molar-refractivity contribution in [2.24, 2.45) is 5.92 Å². The zero-order valence-corrected chi connectivity index (χ0v) is 12.3. The lowest BCUT2D eigenvalue weighted by atomic mass is 10.2. The molecule has 1 amide bonds. The number of benzene rings is 1. The Bertz CT molecular complexity index is 684. The van der Waals surface area contributed by atoms with Crippen LogP contribution in [0.4, 0.5) is 5.69 Å². The molecule has 0 unspecified atom stereocenters. The van der Waals surface area contributed by atoms with E-state index in [2.05, 4.69) is 0 Å². The molecule has 0 saturated heterocycles. The van der Waals surface area contributed by atoms with Crippen LogP contribution in [0, 0.1) is 27.4 Å². The number of carbonyl (C=O) groups excluding carboxylic acids is 1. The van der Waals surface area contributed by atoms with Gasteiger partial charge in [-0.1, -0.05) is 0 Å². The molecule has 1 aliphatic heterocycles. The van der Waals surface area contributed by atoms with Crippen molar-refractivity contribution in [3.8, 4) is 17.6 Å². The van der Waals surface area contributed by atoms with E-state index in [0.29, 0.717) is 30.4 Å². The highest BCUT2D eigenvalue weighted by molar-refractivity contribution is 5.97. The summed E-state index contributed by atoms with van der Waals surface area (Å²) < 4.78 is 10.9. The minimum Gasteiger partial charge on any atom is -0.486 e. The second-order valence-corrected chi connectivity index (χ2v) is 5.42. The molecule has 0 aromatic heterocycles. The fourth-order valence-corrected chi connectivity index (χ4v) is 2.61. The van der Waals surface area contributed by atoms with Gasteiger partial charge in [-0.3, -0.25) is 14.9 Å². The Hall–Kier alpha value is -2.82. The van der Waals surface area contributed by atoms with Gasteiger partial charge >= 0.3 is 0 Å². The molecule has 1 aliphatic carbocycles. The number of amides is 1. The second kappa shape index (κ2) is 6.12. The number of hydrogen-bond donors (Lipinski definition) is 0. The quantitative estimate of drug-likeness (QED) is 0.600. The zero-order valence-electron chi connectivity index (χ0n) is 12.3. The van der Waals surface area contributed by atoms with E-state index in [1.54, 1.807) is 18.2 Å². The number of anilines is 1. The Morgan fingerprint density at radius 3 is 2.78 bits per heavy atom. The van der Waals surface area contributed by atoms with Crippen molar-refractivity contribution >= 4 is 11.6 Å². The molecule has 8 nitrogen and oxygen atoms in total. The van der Waals surface area contributed by atoms with Crippen LogP contribution in [0.1, 0.15) is 12.8 Å². The van der Waals surface area contributed by atoms with Crippen molar-refractivity contribution in [3.63, 3.8) is 0 Å². The van der Waals surface area contributed by atoms with Gasteiger partial charge in [0.25, 0.3) is 0 Å². The molecule has 1 fully saturated rings. The van der Waals surface area contributed by atoms with E-state index in [-0.39, 0.29) is 25.3 Å². The fourth-order valence-electron chi connectivity index (χ4n) is 2.61. The van der Waals surface area contributed by atoms with Gasteiger partial charge in [-0.25, -0.2) is 0 Å². The molecule has 1 saturated carbocycles. The van der Waals surface area contributed by atoms with Crippen molar-refractivity contribution in [1.29, 1.82) is 5.26 Å². The van der Waals surface area contributed by atoms with Crippen LogP contribution in [0.2, 0.25) is 0 Å². The van der Waals surface area contributed by atoms with Gasteiger partial charge in [0.2, 0.25) is 11.9 Å². The molecule has 0 bridgehead atoms. The van der Waals surface area contributed by atoms with Crippen LogP contribution < -0.4 is 14.4 Å². The first-order valence-corrected chi connectivity index (χ1v) is 7.33. The zero-order chi connectivity index (χ0) is 16.4. The van der Waals surface area contributed by atoms with Crippen LogP contribution in [0.3, 0.4) is 0 Å². The molecule has 1 aromatic carbocycles. The normalized spacial score (nSPS) is 21.2. The van der Waals surface area contributed by atoms with Gasteiger partial charge in [0.05, 0.1) is 12.5 Å². The molecular formula is C15H15N3O5. The minimum absolute atomic E-state index is 0.149. The standard InChI is InChI=1S/C15H15N3O5/c16-4-1-5-17(15(19)11-9-12(11)18(20)21)10-2-3-13-14(8-10)23-7-6-22-13/h2-3,8,11-12H,1,5-7,9H2/t11-,12+/m0/s1. The van der Waals surface area contributed by atoms with Gasteiger partial charge in [-0.2, -0.15) is 5.26 Å². The number of carbonyl (C=O) groups is 1. The summed E-state index contributed by atoms with van der Waals surface area (Å²) in [6.45, 7) is 1.08. The van der Waals surface area contributed by atoms with E-state index in [0.717, 1.165) is 0 Å². The molecule has 0 spiro atoms. The highest BCUT2D eigenvalue weighted by atomic mass is 16.6. The third kappa shape index (κ3) is 3.04. The molecule has 0 radical (unpaired) electrons. The van der Waals surface area contributed by atoms with Crippen molar-refractivity contribution in [1.82, 2.24) is 0 Å². The van der Waals surface area contributed by atoms with Crippen molar-refractivity contribution < 1.29 is 19.2 Å². The van der Waals surface area contributed by atoms with Crippen molar-refractivity contribution in [2.75, 3.05) is 24.7 Å². The summed E-state index contributed by atoms with van der Waals surface area (Å²) in [6.07, 6.45) is 0.398. The van der Waals surface area contributed by atoms with Gasteiger partial charge in [0.15, 0.2) is 11.5 Å². The summed E-state index contributed by atoms with van der Waals surface area (Å²) in [7, 11) is 0. The number of ether oxygens (including phenoxy) is 2. The molecule has 2 aliphatic rings. The van der Waals surface area contributed by atoms with Crippen LogP contribution >= 0.6 is 0 Å². The van der Waals surface area contributed by atoms with E-state index in [1.165, 1.54) is 4.90 Å². The van der Waals surface area contributed by atoms with E-state index in [9.17, 15) is 14.9 Å². The smallest absolute Gasteiger partial charge is 0.237 e. The molecule has 0 N–H and O–H groups in total. The predicted molar refractivity (Wildman–Crippen MR) is 78.9 cm³/mol. The Balaban J connectivity index is 1.83. The minimum atomic E-state index is -0.815. The number of rotatable bonds is 5. The largest absolute Gasteiger partial charge is 0.486 e. The summed E-state index contributed by atoms with van der Waals surface area (Å²) in [5.41, 5.74) is 0.559. The second-order valence-electron chi connectivity index (χ2n) is 5.42.